The second kappa shape index (κ2) is 6.68. The van der Waals surface area contributed by atoms with E-state index in [1.54, 1.807) is 10.6 Å². The minimum atomic E-state index is -0.0824. The molecule has 4 aromatic rings. The predicted molar refractivity (Wildman–Crippen MR) is 105 cm³/mol. The normalized spacial score (nSPS) is 15.5. The van der Waals surface area contributed by atoms with E-state index in [1.807, 2.05) is 37.3 Å². The van der Waals surface area contributed by atoms with E-state index < -0.39 is 0 Å². The Bertz CT molecular complexity index is 1210. The van der Waals surface area contributed by atoms with Gasteiger partial charge >= 0.3 is 0 Å². The third-order valence-corrected chi connectivity index (χ3v) is 5.14. The van der Waals surface area contributed by atoms with Crippen molar-refractivity contribution in [3.8, 4) is 0 Å². The topological polar surface area (TPSA) is 95.3 Å². The van der Waals surface area contributed by atoms with Crippen LogP contribution < -0.4 is 10.5 Å². The number of aromatic amines is 1. The zero-order valence-electron chi connectivity index (χ0n) is 15.5. The molecule has 3 aromatic heterocycles. The van der Waals surface area contributed by atoms with E-state index in [9.17, 15) is 4.79 Å². The Hall–Kier alpha value is -3.33. The summed E-state index contributed by atoms with van der Waals surface area (Å²) in [4.78, 5) is 24.3. The lowest BCUT2D eigenvalue weighted by Crippen LogP contribution is -2.46. The van der Waals surface area contributed by atoms with Crippen LogP contribution in [0.3, 0.4) is 0 Å². The molecule has 0 saturated carbocycles. The van der Waals surface area contributed by atoms with Gasteiger partial charge in [0.15, 0.2) is 11.5 Å². The van der Waals surface area contributed by atoms with E-state index in [2.05, 4.69) is 35.1 Å². The van der Waals surface area contributed by atoms with Crippen molar-refractivity contribution in [2.24, 2.45) is 0 Å². The van der Waals surface area contributed by atoms with Gasteiger partial charge in [0.1, 0.15) is 11.6 Å². The van der Waals surface area contributed by atoms with E-state index in [4.69, 9.17) is 0 Å². The fourth-order valence-corrected chi connectivity index (χ4v) is 3.61. The van der Waals surface area contributed by atoms with Gasteiger partial charge in [-0.15, -0.1) is 15.3 Å². The summed E-state index contributed by atoms with van der Waals surface area (Å²) in [7, 11) is 0. The quantitative estimate of drug-likeness (QED) is 0.570. The molecule has 1 aromatic carbocycles. The average Bonchev–Trinajstić information content (AvgIpc) is 3.09. The van der Waals surface area contributed by atoms with Crippen molar-refractivity contribution in [3.63, 3.8) is 0 Å². The summed E-state index contributed by atoms with van der Waals surface area (Å²) in [5.74, 6) is 2.41. The van der Waals surface area contributed by atoms with Crippen LogP contribution >= 0.6 is 0 Å². The van der Waals surface area contributed by atoms with Gasteiger partial charge in [-0.2, -0.15) is 4.52 Å². The van der Waals surface area contributed by atoms with Gasteiger partial charge in [-0.25, -0.2) is 4.98 Å². The van der Waals surface area contributed by atoms with E-state index in [0.29, 0.717) is 17.8 Å². The molecule has 0 radical (unpaired) electrons. The first-order valence-electron chi connectivity index (χ1n) is 9.32. The van der Waals surface area contributed by atoms with Crippen molar-refractivity contribution >= 4 is 22.4 Å². The summed E-state index contributed by atoms with van der Waals surface area (Å²) in [5.41, 5.74) is 1.41. The van der Waals surface area contributed by atoms with Crippen LogP contribution in [0, 0.1) is 6.92 Å². The zero-order valence-corrected chi connectivity index (χ0v) is 15.5. The molecule has 0 atom stereocenters. The Morgan fingerprint density at radius 2 is 1.86 bits per heavy atom. The van der Waals surface area contributed by atoms with Gasteiger partial charge in [0.05, 0.1) is 17.4 Å². The molecule has 0 spiro atoms. The molecule has 9 nitrogen and oxygen atoms in total. The van der Waals surface area contributed by atoms with Gasteiger partial charge in [0, 0.05) is 26.2 Å². The van der Waals surface area contributed by atoms with Crippen LogP contribution in [0.25, 0.3) is 16.6 Å². The molecular weight excluding hydrogens is 356 g/mol. The minimum Gasteiger partial charge on any atom is -0.353 e. The Morgan fingerprint density at radius 1 is 1.04 bits per heavy atom. The first-order valence-corrected chi connectivity index (χ1v) is 9.32. The third kappa shape index (κ3) is 2.99. The number of benzene rings is 1. The van der Waals surface area contributed by atoms with Crippen LogP contribution in [-0.2, 0) is 6.54 Å². The van der Waals surface area contributed by atoms with Gasteiger partial charge in [0.2, 0.25) is 0 Å². The number of aryl methyl sites for hydroxylation is 1. The molecule has 0 aliphatic carbocycles. The van der Waals surface area contributed by atoms with Gasteiger partial charge in [-0.05, 0) is 31.2 Å². The third-order valence-electron chi connectivity index (χ3n) is 5.14. The molecule has 28 heavy (non-hydrogen) atoms. The highest BCUT2D eigenvalue weighted by Crippen LogP contribution is 2.16. The number of nitrogens with zero attached hydrogens (tertiary/aromatic N) is 7. The maximum Gasteiger partial charge on any atom is 0.258 e. The Labute approximate surface area is 160 Å². The Morgan fingerprint density at radius 3 is 2.71 bits per heavy atom. The first kappa shape index (κ1) is 16.8. The Kier molecular flexibility index (Phi) is 4.01. The lowest BCUT2D eigenvalue weighted by atomic mass is 10.2. The van der Waals surface area contributed by atoms with Gasteiger partial charge in [-0.1, -0.05) is 12.1 Å². The van der Waals surface area contributed by atoms with Crippen molar-refractivity contribution in [1.29, 1.82) is 0 Å². The average molecular weight is 376 g/mol. The van der Waals surface area contributed by atoms with Crippen molar-refractivity contribution in [2.45, 2.75) is 13.5 Å². The molecule has 1 N–H and O–H groups in total. The standard InChI is InChI=1S/C19H20N8O/c1-13-22-23-17-6-7-18(24-27(13)17)26-10-8-25(9-11-26)12-16-20-15-5-3-2-4-14(15)19(28)21-16/h2-7H,8-12H2,1H3,(H,20,21,28). The van der Waals surface area contributed by atoms with E-state index in [-0.39, 0.29) is 5.56 Å². The number of hydrogen-bond acceptors (Lipinski definition) is 7. The molecule has 1 aliphatic heterocycles. The maximum atomic E-state index is 12.2. The highest BCUT2D eigenvalue weighted by atomic mass is 16.1. The fourth-order valence-electron chi connectivity index (χ4n) is 3.61. The molecular formula is C19H20N8O. The lowest BCUT2D eigenvalue weighted by Gasteiger charge is -2.34. The monoisotopic (exact) mass is 376 g/mol. The molecule has 0 bridgehead atoms. The van der Waals surface area contributed by atoms with Crippen LogP contribution in [-0.4, -0.2) is 60.9 Å². The van der Waals surface area contributed by atoms with Crippen molar-refractivity contribution < 1.29 is 0 Å². The summed E-state index contributed by atoms with van der Waals surface area (Å²) in [5, 5.41) is 13.4. The number of para-hydroxylation sites is 1. The number of fused-ring (bicyclic) bond motifs is 2. The molecule has 142 valence electrons. The smallest absolute Gasteiger partial charge is 0.258 e. The number of rotatable bonds is 3. The predicted octanol–water partition coefficient (Wildman–Crippen LogP) is 0.991. The molecule has 1 fully saturated rings. The molecule has 1 aliphatic rings. The number of piperazine rings is 1. The highest BCUT2D eigenvalue weighted by Gasteiger charge is 2.20. The summed E-state index contributed by atoms with van der Waals surface area (Å²) in [6, 6.07) is 11.4. The van der Waals surface area contributed by atoms with Crippen molar-refractivity contribution in [2.75, 3.05) is 31.1 Å². The molecule has 0 unspecified atom stereocenters. The number of anilines is 1. The minimum absolute atomic E-state index is 0.0824. The molecule has 9 heteroatoms. The SMILES string of the molecule is Cc1nnc2ccc(N3CCN(Cc4nc5ccccc5c(=O)[nH]4)CC3)nn12. The fraction of sp³-hybridized carbons (Fsp3) is 0.316. The Balaban J connectivity index is 1.29. The van der Waals surface area contributed by atoms with Crippen LogP contribution in [0.5, 0.6) is 0 Å². The molecule has 1 saturated heterocycles. The number of hydrogen-bond donors (Lipinski definition) is 1. The molecule has 5 rings (SSSR count). The molecule has 4 heterocycles. The zero-order chi connectivity index (χ0) is 19.1. The summed E-state index contributed by atoms with van der Waals surface area (Å²) in [6.07, 6.45) is 0. The highest BCUT2D eigenvalue weighted by molar-refractivity contribution is 5.77. The van der Waals surface area contributed by atoms with Crippen LogP contribution in [0.15, 0.2) is 41.2 Å². The van der Waals surface area contributed by atoms with E-state index >= 15 is 0 Å². The first-order chi connectivity index (χ1) is 13.7. The second-order valence-corrected chi connectivity index (χ2v) is 7.00. The second-order valence-electron chi connectivity index (χ2n) is 7.00. The summed E-state index contributed by atoms with van der Waals surface area (Å²) in [6.45, 7) is 5.99. The number of H-pyrrole nitrogens is 1. The van der Waals surface area contributed by atoms with Gasteiger partial charge in [-0.3, -0.25) is 9.69 Å². The summed E-state index contributed by atoms with van der Waals surface area (Å²) < 4.78 is 1.77. The van der Waals surface area contributed by atoms with Crippen molar-refractivity contribution in [3.05, 3.63) is 58.4 Å². The van der Waals surface area contributed by atoms with E-state index in [0.717, 1.165) is 49.0 Å². The van der Waals surface area contributed by atoms with Crippen LogP contribution in [0.4, 0.5) is 5.82 Å². The summed E-state index contributed by atoms with van der Waals surface area (Å²) >= 11 is 0. The van der Waals surface area contributed by atoms with Gasteiger partial charge in [0.25, 0.3) is 5.56 Å². The number of aromatic nitrogens is 6. The maximum absolute atomic E-state index is 12.2. The lowest BCUT2D eigenvalue weighted by molar-refractivity contribution is 0.243. The van der Waals surface area contributed by atoms with E-state index in [1.165, 1.54) is 0 Å². The van der Waals surface area contributed by atoms with Crippen LogP contribution in [0.1, 0.15) is 11.6 Å². The largest absolute Gasteiger partial charge is 0.353 e. The van der Waals surface area contributed by atoms with Crippen molar-refractivity contribution in [1.82, 2.24) is 34.7 Å². The van der Waals surface area contributed by atoms with Crippen LogP contribution in [0.2, 0.25) is 0 Å². The number of nitrogens with one attached hydrogen (secondary N) is 1. The van der Waals surface area contributed by atoms with Gasteiger partial charge < -0.3 is 9.88 Å². The molecule has 0 amide bonds.